The van der Waals surface area contributed by atoms with Crippen molar-refractivity contribution in [2.24, 2.45) is 0 Å². The van der Waals surface area contributed by atoms with Crippen molar-refractivity contribution in [3.63, 3.8) is 0 Å². The lowest BCUT2D eigenvalue weighted by atomic mass is 9.84. The predicted molar refractivity (Wildman–Crippen MR) is 97.4 cm³/mol. The van der Waals surface area contributed by atoms with Crippen molar-refractivity contribution in [1.29, 1.82) is 0 Å². The second-order valence-electron chi connectivity index (χ2n) is 7.31. The molecule has 0 saturated carbocycles. The third-order valence-electron chi connectivity index (χ3n) is 4.88. The maximum Gasteiger partial charge on any atom is 0.126 e. The molecule has 4 rings (SSSR count). The quantitative estimate of drug-likeness (QED) is 0.783. The lowest BCUT2D eigenvalue weighted by Crippen LogP contribution is -2.34. The molecule has 5 nitrogen and oxygen atoms in total. The summed E-state index contributed by atoms with van der Waals surface area (Å²) in [6.07, 6.45) is 7.62. The van der Waals surface area contributed by atoms with Gasteiger partial charge >= 0.3 is 0 Å². The Hall–Kier alpha value is -2.40. The van der Waals surface area contributed by atoms with Crippen molar-refractivity contribution >= 4 is 0 Å². The predicted octanol–water partition coefficient (Wildman–Crippen LogP) is 3.99. The van der Waals surface area contributed by atoms with Gasteiger partial charge in [-0.3, -0.25) is 0 Å². The molecule has 0 bridgehead atoms. The minimum atomic E-state index is -0.101. The highest BCUT2D eigenvalue weighted by atomic mass is 16.5. The van der Waals surface area contributed by atoms with Crippen molar-refractivity contribution in [3.8, 4) is 11.3 Å². The van der Waals surface area contributed by atoms with Crippen LogP contribution < -0.4 is 0 Å². The Morgan fingerprint density at radius 1 is 1.24 bits per heavy atom. The molecule has 2 aromatic heterocycles. The number of rotatable bonds is 4. The van der Waals surface area contributed by atoms with Gasteiger partial charge in [-0.25, -0.2) is 9.97 Å². The maximum absolute atomic E-state index is 5.94. The number of hydrogen-bond donors (Lipinski definition) is 1. The van der Waals surface area contributed by atoms with Gasteiger partial charge in [0, 0.05) is 36.2 Å². The van der Waals surface area contributed by atoms with Crippen LogP contribution in [0.3, 0.4) is 0 Å². The zero-order valence-corrected chi connectivity index (χ0v) is 14.8. The first kappa shape index (κ1) is 16.1. The fraction of sp³-hybridized carbons (Fsp3) is 0.400. The second-order valence-corrected chi connectivity index (χ2v) is 7.31. The standard InChI is InChI=1S/C20H24N4O/c1-20(2)12-16(8-11-25-20)19-18(15-6-4-3-5-7-15)23-14-24(19)13-17-21-9-10-22-17/h3-7,9-10,14,16H,8,11-13H2,1-2H3,(H,21,22). The van der Waals surface area contributed by atoms with E-state index in [-0.39, 0.29) is 5.60 Å². The summed E-state index contributed by atoms with van der Waals surface area (Å²) in [7, 11) is 0. The highest BCUT2D eigenvalue weighted by molar-refractivity contribution is 5.62. The van der Waals surface area contributed by atoms with Crippen LogP contribution in [0.25, 0.3) is 11.3 Å². The normalized spacial score (nSPS) is 19.8. The molecule has 5 heteroatoms. The van der Waals surface area contributed by atoms with E-state index in [4.69, 9.17) is 9.72 Å². The Kier molecular flexibility index (Phi) is 4.17. The van der Waals surface area contributed by atoms with E-state index in [1.54, 1.807) is 6.20 Å². The summed E-state index contributed by atoms with van der Waals surface area (Å²) in [6, 6.07) is 10.4. The topological polar surface area (TPSA) is 55.7 Å². The molecule has 0 aliphatic carbocycles. The number of ether oxygens (including phenoxy) is 1. The van der Waals surface area contributed by atoms with Crippen LogP contribution in [0.1, 0.15) is 44.1 Å². The first-order chi connectivity index (χ1) is 12.1. The molecule has 0 radical (unpaired) electrons. The van der Waals surface area contributed by atoms with Gasteiger partial charge in [0.15, 0.2) is 0 Å². The van der Waals surface area contributed by atoms with Crippen LogP contribution in [-0.4, -0.2) is 31.7 Å². The number of nitrogens with zero attached hydrogens (tertiary/aromatic N) is 3. The van der Waals surface area contributed by atoms with Gasteiger partial charge in [0.1, 0.15) is 5.82 Å². The van der Waals surface area contributed by atoms with Gasteiger partial charge in [-0.05, 0) is 26.7 Å². The molecule has 1 aliphatic rings. The molecule has 25 heavy (non-hydrogen) atoms. The van der Waals surface area contributed by atoms with E-state index in [1.165, 1.54) is 11.3 Å². The minimum Gasteiger partial charge on any atom is -0.376 e. The molecule has 1 aromatic carbocycles. The Labute approximate surface area is 148 Å². The van der Waals surface area contributed by atoms with Crippen molar-refractivity contribution in [3.05, 3.63) is 60.6 Å². The number of hydrogen-bond acceptors (Lipinski definition) is 3. The summed E-state index contributed by atoms with van der Waals surface area (Å²) >= 11 is 0. The summed E-state index contributed by atoms with van der Waals surface area (Å²) in [5.74, 6) is 1.38. The molecular weight excluding hydrogens is 312 g/mol. The molecule has 3 heterocycles. The summed E-state index contributed by atoms with van der Waals surface area (Å²) in [4.78, 5) is 12.3. The number of benzene rings is 1. The molecule has 3 aromatic rings. The first-order valence-corrected chi connectivity index (χ1v) is 8.85. The largest absolute Gasteiger partial charge is 0.376 e. The molecule has 0 amide bonds. The smallest absolute Gasteiger partial charge is 0.126 e. The Bertz CT molecular complexity index is 821. The molecule has 0 spiro atoms. The van der Waals surface area contributed by atoms with Crippen molar-refractivity contribution < 1.29 is 4.74 Å². The van der Waals surface area contributed by atoms with Gasteiger partial charge in [-0.1, -0.05) is 30.3 Å². The van der Waals surface area contributed by atoms with E-state index in [2.05, 4.69) is 52.6 Å². The lowest BCUT2D eigenvalue weighted by Gasteiger charge is -2.36. The van der Waals surface area contributed by atoms with E-state index in [0.29, 0.717) is 12.5 Å². The molecule has 1 N–H and O–H groups in total. The van der Waals surface area contributed by atoms with Crippen LogP contribution in [0.4, 0.5) is 0 Å². The number of nitrogens with one attached hydrogen (secondary N) is 1. The molecule has 1 unspecified atom stereocenters. The Balaban J connectivity index is 1.76. The van der Waals surface area contributed by atoms with Gasteiger partial charge in [-0.15, -0.1) is 0 Å². The zero-order valence-electron chi connectivity index (χ0n) is 14.8. The molecule has 130 valence electrons. The van der Waals surface area contributed by atoms with Crippen molar-refractivity contribution in [2.75, 3.05) is 6.61 Å². The van der Waals surface area contributed by atoms with Crippen LogP contribution >= 0.6 is 0 Å². The lowest BCUT2D eigenvalue weighted by molar-refractivity contribution is -0.0600. The van der Waals surface area contributed by atoms with Crippen molar-refractivity contribution in [2.45, 2.75) is 44.8 Å². The van der Waals surface area contributed by atoms with E-state index in [0.717, 1.165) is 31.0 Å². The number of imidazole rings is 2. The highest BCUT2D eigenvalue weighted by Crippen LogP contribution is 2.39. The highest BCUT2D eigenvalue weighted by Gasteiger charge is 2.33. The van der Waals surface area contributed by atoms with Crippen LogP contribution in [0, 0.1) is 0 Å². The first-order valence-electron chi connectivity index (χ1n) is 8.85. The SMILES string of the molecule is CC1(C)CC(c2c(-c3ccccc3)ncn2Cc2ncc[nH]2)CCO1. The fourth-order valence-electron chi connectivity index (χ4n) is 3.78. The van der Waals surface area contributed by atoms with E-state index in [1.807, 2.05) is 18.6 Å². The number of aromatic amines is 1. The summed E-state index contributed by atoms with van der Waals surface area (Å²) in [5.41, 5.74) is 3.44. The van der Waals surface area contributed by atoms with Gasteiger partial charge in [0.05, 0.1) is 24.2 Å². The van der Waals surface area contributed by atoms with E-state index < -0.39 is 0 Å². The average Bonchev–Trinajstić information content (AvgIpc) is 3.25. The van der Waals surface area contributed by atoms with Gasteiger partial charge in [0.25, 0.3) is 0 Å². The monoisotopic (exact) mass is 336 g/mol. The van der Waals surface area contributed by atoms with Crippen LogP contribution in [0.15, 0.2) is 49.1 Å². The third kappa shape index (κ3) is 3.37. The summed E-state index contributed by atoms with van der Waals surface area (Å²) < 4.78 is 8.18. The van der Waals surface area contributed by atoms with Crippen LogP contribution in [0.5, 0.6) is 0 Å². The van der Waals surface area contributed by atoms with Gasteiger partial charge in [0.2, 0.25) is 0 Å². The molecule has 1 saturated heterocycles. The molecule has 1 aliphatic heterocycles. The Morgan fingerprint density at radius 3 is 2.80 bits per heavy atom. The van der Waals surface area contributed by atoms with Crippen LogP contribution in [-0.2, 0) is 11.3 Å². The fourth-order valence-corrected chi connectivity index (χ4v) is 3.78. The second kappa shape index (κ2) is 6.48. The summed E-state index contributed by atoms with van der Waals surface area (Å²) in [5, 5.41) is 0. The minimum absolute atomic E-state index is 0.101. The molecule has 1 atom stereocenters. The number of H-pyrrole nitrogens is 1. The van der Waals surface area contributed by atoms with Gasteiger partial charge < -0.3 is 14.3 Å². The maximum atomic E-state index is 5.94. The summed E-state index contributed by atoms with van der Waals surface area (Å²) in [6.45, 7) is 5.85. The average molecular weight is 336 g/mol. The Morgan fingerprint density at radius 2 is 2.08 bits per heavy atom. The zero-order chi connectivity index (χ0) is 17.3. The van der Waals surface area contributed by atoms with E-state index in [9.17, 15) is 0 Å². The molecule has 1 fully saturated rings. The number of aromatic nitrogens is 4. The van der Waals surface area contributed by atoms with Crippen LogP contribution in [0.2, 0.25) is 0 Å². The van der Waals surface area contributed by atoms with E-state index >= 15 is 0 Å². The molecular formula is C20H24N4O. The van der Waals surface area contributed by atoms with Crippen molar-refractivity contribution in [1.82, 2.24) is 19.5 Å². The third-order valence-corrected chi connectivity index (χ3v) is 4.88. The van der Waals surface area contributed by atoms with Gasteiger partial charge in [-0.2, -0.15) is 0 Å².